The lowest BCUT2D eigenvalue weighted by molar-refractivity contribution is -0.154. The third-order valence-electron chi connectivity index (χ3n) is 5.39. The summed E-state index contributed by atoms with van der Waals surface area (Å²) in [6, 6.07) is 7.29. The molecule has 2 aliphatic rings. The Morgan fingerprint density at radius 3 is 2.58 bits per heavy atom. The molecule has 1 atom stereocenters. The minimum absolute atomic E-state index is 0.0752. The molecule has 1 unspecified atom stereocenters. The fourth-order valence-corrected chi connectivity index (χ4v) is 3.81. The molecule has 0 aromatic heterocycles. The van der Waals surface area contributed by atoms with E-state index in [1.165, 1.54) is 0 Å². The minimum Gasteiger partial charge on any atom is -0.497 e. The van der Waals surface area contributed by atoms with Gasteiger partial charge in [-0.2, -0.15) is 0 Å². The number of piperidine rings is 1. The molecule has 6 nitrogen and oxygen atoms in total. The van der Waals surface area contributed by atoms with Crippen LogP contribution in [0.5, 0.6) is 5.75 Å². The quantitative estimate of drug-likeness (QED) is 0.727. The van der Waals surface area contributed by atoms with Crippen LogP contribution in [0.25, 0.3) is 0 Å². The molecule has 6 heteroatoms. The minimum atomic E-state index is -0.146. The Balaban J connectivity index is 1.53. The lowest BCUT2D eigenvalue weighted by atomic mass is 9.83. The first-order valence-electron chi connectivity index (χ1n) is 9.34. The van der Waals surface area contributed by atoms with Gasteiger partial charge in [-0.1, -0.05) is 0 Å². The number of nitrogens with zero attached hydrogens (tertiary/aromatic N) is 1. The molecule has 0 N–H and O–H groups in total. The van der Waals surface area contributed by atoms with Gasteiger partial charge in [0.25, 0.3) is 5.91 Å². The normalized spacial score (nSPS) is 22.4. The van der Waals surface area contributed by atoms with Gasteiger partial charge in [-0.15, -0.1) is 0 Å². The van der Waals surface area contributed by atoms with Crippen molar-refractivity contribution in [3.63, 3.8) is 0 Å². The Morgan fingerprint density at radius 1 is 1.19 bits per heavy atom. The smallest absolute Gasteiger partial charge is 0.253 e. The largest absolute Gasteiger partial charge is 0.497 e. The van der Waals surface area contributed by atoms with E-state index in [9.17, 15) is 4.79 Å². The van der Waals surface area contributed by atoms with Crippen molar-refractivity contribution in [2.24, 2.45) is 0 Å². The topological polar surface area (TPSA) is 57.2 Å². The van der Waals surface area contributed by atoms with Gasteiger partial charge in [0.15, 0.2) is 0 Å². The van der Waals surface area contributed by atoms with Crippen LogP contribution in [0.1, 0.15) is 36.0 Å². The zero-order valence-corrected chi connectivity index (χ0v) is 15.7. The summed E-state index contributed by atoms with van der Waals surface area (Å²) in [5, 5.41) is 0. The average molecular weight is 363 g/mol. The molecule has 1 spiro atoms. The lowest BCUT2D eigenvalue weighted by Crippen LogP contribution is -2.52. The fraction of sp³-hybridized carbons (Fsp3) is 0.650. The maximum Gasteiger partial charge on any atom is 0.253 e. The summed E-state index contributed by atoms with van der Waals surface area (Å²) in [5.74, 6) is 0.834. The monoisotopic (exact) mass is 363 g/mol. The number of benzene rings is 1. The van der Waals surface area contributed by atoms with Crippen molar-refractivity contribution in [2.75, 3.05) is 47.1 Å². The van der Waals surface area contributed by atoms with Crippen LogP contribution in [-0.4, -0.2) is 69.6 Å². The maximum atomic E-state index is 12.7. The van der Waals surface area contributed by atoms with Crippen LogP contribution < -0.4 is 4.74 Å². The fourth-order valence-electron chi connectivity index (χ4n) is 3.81. The molecule has 0 bridgehead atoms. The van der Waals surface area contributed by atoms with Crippen molar-refractivity contribution in [1.82, 2.24) is 4.90 Å². The molecule has 3 rings (SSSR count). The lowest BCUT2D eigenvalue weighted by Gasteiger charge is -2.46. The highest BCUT2D eigenvalue weighted by Gasteiger charge is 2.41. The van der Waals surface area contributed by atoms with Crippen LogP contribution in [0.15, 0.2) is 24.3 Å². The number of hydrogen-bond donors (Lipinski definition) is 0. The van der Waals surface area contributed by atoms with Crippen LogP contribution >= 0.6 is 0 Å². The van der Waals surface area contributed by atoms with Gasteiger partial charge in [0.1, 0.15) is 5.75 Å². The van der Waals surface area contributed by atoms with E-state index in [2.05, 4.69) is 0 Å². The number of carbonyl (C=O) groups is 1. The summed E-state index contributed by atoms with van der Waals surface area (Å²) in [6.45, 7) is 3.41. The molecule has 2 saturated heterocycles. The molecule has 0 aliphatic carbocycles. The van der Waals surface area contributed by atoms with E-state index < -0.39 is 0 Å². The second-order valence-corrected chi connectivity index (χ2v) is 7.03. The Kier molecular flexibility index (Phi) is 6.51. The molecular formula is C20H29NO5. The van der Waals surface area contributed by atoms with Gasteiger partial charge >= 0.3 is 0 Å². The van der Waals surface area contributed by atoms with E-state index in [-0.39, 0.29) is 17.6 Å². The van der Waals surface area contributed by atoms with Crippen LogP contribution in [0.2, 0.25) is 0 Å². The van der Waals surface area contributed by atoms with E-state index in [4.69, 9.17) is 18.9 Å². The molecule has 26 heavy (non-hydrogen) atoms. The first kappa shape index (κ1) is 19.1. The molecule has 0 radical (unpaired) electrons. The van der Waals surface area contributed by atoms with Gasteiger partial charge in [-0.05, 0) is 43.5 Å². The van der Waals surface area contributed by atoms with E-state index in [0.717, 1.165) is 51.1 Å². The molecule has 1 aromatic carbocycles. The molecule has 144 valence electrons. The Labute approximate surface area is 155 Å². The summed E-state index contributed by atoms with van der Waals surface area (Å²) in [6.07, 6.45) is 3.78. The van der Waals surface area contributed by atoms with Crippen molar-refractivity contribution < 1.29 is 23.7 Å². The van der Waals surface area contributed by atoms with Crippen molar-refractivity contribution in [3.05, 3.63) is 29.8 Å². The molecule has 1 amide bonds. The van der Waals surface area contributed by atoms with Crippen molar-refractivity contribution in [1.29, 1.82) is 0 Å². The molecular weight excluding hydrogens is 334 g/mol. The highest BCUT2D eigenvalue weighted by atomic mass is 16.5. The summed E-state index contributed by atoms with van der Waals surface area (Å²) < 4.78 is 22.3. The number of carbonyl (C=O) groups excluding carboxylic acids is 1. The zero-order chi connectivity index (χ0) is 18.4. The predicted octanol–water partition coefficient (Wildman–Crippen LogP) is 2.51. The Morgan fingerprint density at radius 2 is 1.92 bits per heavy atom. The van der Waals surface area contributed by atoms with Gasteiger partial charge < -0.3 is 23.8 Å². The van der Waals surface area contributed by atoms with Crippen molar-refractivity contribution in [2.45, 2.75) is 37.4 Å². The van der Waals surface area contributed by atoms with Crippen molar-refractivity contribution in [3.8, 4) is 5.75 Å². The van der Waals surface area contributed by atoms with Crippen LogP contribution in [-0.2, 0) is 14.2 Å². The highest BCUT2D eigenvalue weighted by Crippen LogP contribution is 2.36. The molecule has 2 fully saturated rings. The second-order valence-electron chi connectivity index (χ2n) is 7.03. The molecule has 1 aromatic rings. The molecule has 2 heterocycles. The first-order valence-corrected chi connectivity index (χ1v) is 9.34. The van der Waals surface area contributed by atoms with Gasteiger partial charge in [-0.25, -0.2) is 0 Å². The van der Waals surface area contributed by atoms with E-state index >= 15 is 0 Å². The predicted molar refractivity (Wildman–Crippen MR) is 97.7 cm³/mol. The number of rotatable bonds is 6. The molecule has 2 aliphatic heterocycles. The van der Waals surface area contributed by atoms with Crippen molar-refractivity contribution >= 4 is 5.91 Å². The Hall–Kier alpha value is -1.63. The first-order chi connectivity index (χ1) is 12.7. The van der Waals surface area contributed by atoms with E-state index in [0.29, 0.717) is 18.8 Å². The summed E-state index contributed by atoms with van der Waals surface area (Å²) in [4.78, 5) is 14.6. The number of methoxy groups -OCH3 is 2. The second kappa shape index (κ2) is 8.84. The SMILES string of the molecule is COCCOC1CCOC2(CCN(C(=O)c3ccc(OC)cc3)CC2)C1. The third-order valence-corrected chi connectivity index (χ3v) is 5.39. The average Bonchev–Trinajstić information content (AvgIpc) is 2.68. The zero-order valence-electron chi connectivity index (χ0n) is 15.7. The van der Waals surface area contributed by atoms with Gasteiger partial charge in [0.2, 0.25) is 0 Å². The van der Waals surface area contributed by atoms with Crippen LogP contribution in [0, 0.1) is 0 Å². The number of ether oxygens (including phenoxy) is 4. The number of likely N-dealkylation sites (tertiary alicyclic amines) is 1. The standard InChI is InChI=1S/C20H29NO5/c1-23-13-14-25-18-7-12-26-20(15-18)8-10-21(11-9-20)19(22)16-3-5-17(24-2)6-4-16/h3-6,18H,7-15H2,1-2H3. The van der Waals surface area contributed by atoms with Crippen LogP contribution in [0.3, 0.4) is 0 Å². The number of hydrogen-bond acceptors (Lipinski definition) is 5. The summed E-state index contributed by atoms with van der Waals surface area (Å²) >= 11 is 0. The van der Waals surface area contributed by atoms with Gasteiger partial charge in [0.05, 0.1) is 32.0 Å². The maximum absolute atomic E-state index is 12.7. The Bertz CT molecular complexity index is 580. The molecule has 0 saturated carbocycles. The number of amides is 1. The summed E-state index contributed by atoms with van der Waals surface area (Å²) in [7, 11) is 3.31. The van der Waals surface area contributed by atoms with Gasteiger partial charge in [0, 0.05) is 38.8 Å². The van der Waals surface area contributed by atoms with Gasteiger partial charge in [-0.3, -0.25) is 4.79 Å². The summed E-state index contributed by atoms with van der Waals surface area (Å²) in [5.41, 5.74) is 0.555. The van der Waals surface area contributed by atoms with Crippen LogP contribution in [0.4, 0.5) is 0 Å². The van der Waals surface area contributed by atoms with E-state index in [1.54, 1.807) is 14.2 Å². The van der Waals surface area contributed by atoms with E-state index in [1.807, 2.05) is 29.2 Å². The third kappa shape index (κ3) is 4.55. The highest BCUT2D eigenvalue weighted by molar-refractivity contribution is 5.94.